The van der Waals surface area contributed by atoms with Crippen molar-refractivity contribution in [3.8, 4) is 0 Å². The number of hydrogen-bond donors (Lipinski definition) is 1. The van der Waals surface area contributed by atoms with Crippen LogP contribution >= 0.6 is 0 Å². The van der Waals surface area contributed by atoms with Gasteiger partial charge in [-0.25, -0.2) is 0 Å². The molecule has 29 heavy (non-hydrogen) atoms. The van der Waals surface area contributed by atoms with E-state index in [4.69, 9.17) is 0 Å². The van der Waals surface area contributed by atoms with E-state index in [1.807, 2.05) is 0 Å². The van der Waals surface area contributed by atoms with E-state index in [0.29, 0.717) is 0 Å². The Hall–Kier alpha value is -1.37. The van der Waals surface area contributed by atoms with Crippen LogP contribution in [0.1, 0.15) is 0 Å². The number of halogens is 19. The van der Waals surface area contributed by atoms with Gasteiger partial charge in [-0.3, -0.25) is 5.73 Å². The lowest BCUT2D eigenvalue weighted by atomic mass is 9.88. The Balaban J connectivity index is 6.82. The molecule has 0 saturated heterocycles. The summed E-state index contributed by atoms with van der Waals surface area (Å²) in [5.41, 5.74) is 3.01. The minimum atomic E-state index is -8.91. The molecular formula is C9H2F19N. The normalized spacial score (nSPS) is 17.0. The quantitative estimate of drug-likeness (QED) is 0.372. The average molecular weight is 485 g/mol. The molecule has 0 rings (SSSR count). The molecule has 0 radical (unpaired) electrons. The SMILES string of the molecule is NC(F)(F)C(F)(F)C(F)(F)C(F)(F)C(F)(F)C(F)(F)C(F)(F)C(F)(F)C(F)(F)F. The topological polar surface area (TPSA) is 26.0 Å². The Bertz CT molecular complexity index is 554. The molecule has 0 aromatic rings. The Morgan fingerprint density at radius 1 is 0.276 bits per heavy atom. The van der Waals surface area contributed by atoms with Gasteiger partial charge in [0.25, 0.3) is 0 Å². The summed E-state index contributed by atoms with van der Waals surface area (Å²) in [4.78, 5) is 0. The molecular weight excluding hydrogens is 483 g/mol. The van der Waals surface area contributed by atoms with Crippen LogP contribution in [0.2, 0.25) is 0 Å². The summed E-state index contributed by atoms with van der Waals surface area (Å²) < 4.78 is 239. The van der Waals surface area contributed by atoms with Crippen molar-refractivity contribution in [3.05, 3.63) is 0 Å². The Kier molecular flexibility index (Phi) is 6.02. The molecule has 0 aliphatic carbocycles. The van der Waals surface area contributed by atoms with E-state index >= 15 is 0 Å². The van der Waals surface area contributed by atoms with Gasteiger partial charge in [0.1, 0.15) is 0 Å². The van der Waals surface area contributed by atoms with Crippen LogP contribution in [0.3, 0.4) is 0 Å². The van der Waals surface area contributed by atoms with E-state index < -0.39 is 53.7 Å². The molecule has 176 valence electrons. The fraction of sp³-hybridized carbons (Fsp3) is 1.00. The second-order valence-electron chi connectivity index (χ2n) is 5.14. The molecule has 0 spiro atoms. The minimum absolute atomic E-state index is 3.01. The molecule has 0 heterocycles. The molecule has 0 bridgehead atoms. The van der Waals surface area contributed by atoms with Gasteiger partial charge in [0.15, 0.2) is 0 Å². The Labute approximate surface area is 144 Å². The fourth-order valence-electron chi connectivity index (χ4n) is 1.37. The lowest BCUT2D eigenvalue weighted by molar-refractivity contribution is -0.468. The molecule has 0 unspecified atom stereocenters. The van der Waals surface area contributed by atoms with Crippen LogP contribution < -0.4 is 5.73 Å². The largest absolute Gasteiger partial charge is 0.460 e. The molecule has 1 nitrogen and oxygen atoms in total. The van der Waals surface area contributed by atoms with Crippen LogP contribution in [0.4, 0.5) is 83.4 Å². The number of alkyl halides is 19. The first-order valence-corrected chi connectivity index (χ1v) is 5.88. The van der Waals surface area contributed by atoms with E-state index in [1.165, 1.54) is 0 Å². The average Bonchev–Trinajstić information content (AvgIpc) is 2.43. The van der Waals surface area contributed by atoms with Gasteiger partial charge in [0, 0.05) is 0 Å². The van der Waals surface area contributed by atoms with Crippen molar-refractivity contribution in [2.24, 2.45) is 5.73 Å². The molecule has 2 N–H and O–H groups in total. The summed E-state index contributed by atoms with van der Waals surface area (Å²) in [7, 11) is 0. The fourth-order valence-corrected chi connectivity index (χ4v) is 1.37. The maximum Gasteiger partial charge on any atom is 0.460 e. The number of rotatable bonds is 7. The van der Waals surface area contributed by atoms with Gasteiger partial charge >= 0.3 is 53.7 Å². The first-order valence-electron chi connectivity index (χ1n) is 5.88. The highest BCUT2D eigenvalue weighted by molar-refractivity contribution is 5.16. The first kappa shape index (κ1) is 27.6. The molecule has 0 amide bonds. The van der Waals surface area contributed by atoms with Crippen LogP contribution in [0.25, 0.3) is 0 Å². The van der Waals surface area contributed by atoms with Crippen molar-refractivity contribution in [1.82, 2.24) is 0 Å². The van der Waals surface area contributed by atoms with Gasteiger partial charge < -0.3 is 0 Å². The van der Waals surface area contributed by atoms with Crippen molar-refractivity contribution >= 4 is 0 Å². The van der Waals surface area contributed by atoms with Gasteiger partial charge in [-0.1, -0.05) is 0 Å². The number of hydrogen-bond acceptors (Lipinski definition) is 1. The smallest absolute Gasteiger partial charge is 0.267 e. The summed E-state index contributed by atoms with van der Waals surface area (Å²) >= 11 is 0. The molecule has 0 aromatic heterocycles. The van der Waals surface area contributed by atoms with E-state index in [1.54, 1.807) is 0 Å². The van der Waals surface area contributed by atoms with Crippen LogP contribution in [-0.4, -0.2) is 53.7 Å². The zero-order valence-electron chi connectivity index (χ0n) is 12.3. The highest BCUT2D eigenvalue weighted by Gasteiger charge is 2.96. The molecule has 0 saturated carbocycles. The van der Waals surface area contributed by atoms with Crippen LogP contribution in [-0.2, 0) is 0 Å². The van der Waals surface area contributed by atoms with Crippen LogP contribution in [0.15, 0.2) is 0 Å². The van der Waals surface area contributed by atoms with Crippen LogP contribution in [0.5, 0.6) is 0 Å². The zero-order valence-corrected chi connectivity index (χ0v) is 12.3. The second-order valence-corrected chi connectivity index (χ2v) is 5.14. The molecule has 20 heteroatoms. The summed E-state index contributed by atoms with van der Waals surface area (Å²) in [6, 6.07) is -6.93. The predicted molar refractivity (Wildman–Crippen MR) is 49.8 cm³/mol. The summed E-state index contributed by atoms with van der Waals surface area (Å²) in [6.07, 6.45) is -7.89. The van der Waals surface area contributed by atoms with Crippen LogP contribution in [0, 0.1) is 0 Å². The summed E-state index contributed by atoms with van der Waals surface area (Å²) in [6.45, 7) is 0. The van der Waals surface area contributed by atoms with Gasteiger partial charge in [0.2, 0.25) is 0 Å². The summed E-state index contributed by atoms with van der Waals surface area (Å²) in [5.74, 6) is -60.0. The second kappa shape index (κ2) is 6.32. The molecule has 0 aliphatic rings. The van der Waals surface area contributed by atoms with Crippen molar-refractivity contribution in [1.29, 1.82) is 0 Å². The first-order chi connectivity index (χ1) is 12.0. The molecule has 0 atom stereocenters. The Morgan fingerprint density at radius 2 is 0.448 bits per heavy atom. The van der Waals surface area contributed by atoms with E-state index in [0.717, 1.165) is 0 Å². The third kappa shape index (κ3) is 3.24. The highest BCUT2D eigenvalue weighted by Crippen LogP contribution is 2.64. The zero-order chi connectivity index (χ0) is 24.5. The molecule has 0 aliphatic heterocycles. The lowest BCUT2D eigenvalue weighted by Crippen LogP contribution is -2.76. The standard InChI is InChI=1S/C9H2F19N/c10-1(11,2(12,13)4(16,17)6(20,21)8(24,25)26)3(14,15)5(18,19)7(22,23)9(27,28)29/h29H2. The third-order valence-corrected chi connectivity index (χ3v) is 3.14. The monoisotopic (exact) mass is 485 g/mol. The lowest BCUT2D eigenvalue weighted by Gasteiger charge is -2.43. The van der Waals surface area contributed by atoms with Crippen molar-refractivity contribution in [2.75, 3.05) is 0 Å². The summed E-state index contributed by atoms with van der Waals surface area (Å²) in [5, 5.41) is 0. The Morgan fingerprint density at radius 3 is 0.621 bits per heavy atom. The van der Waals surface area contributed by atoms with Crippen molar-refractivity contribution in [2.45, 2.75) is 53.7 Å². The predicted octanol–water partition coefficient (Wildman–Crippen LogP) is 5.55. The maximum absolute atomic E-state index is 13.0. The van der Waals surface area contributed by atoms with Gasteiger partial charge in [-0.2, -0.15) is 83.4 Å². The van der Waals surface area contributed by atoms with Crippen molar-refractivity contribution in [3.63, 3.8) is 0 Å². The minimum Gasteiger partial charge on any atom is -0.267 e. The highest BCUT2D eigenvalue weighted by atomic mass is 19.4. The van der Waals surface area contributed by atoms with E-state index in [9.17, 15) is 83.4 Å². The van der Waals surface area contributed by atoms with Crippen molar-refractivity contribution < 1.29 is 83.4 Å². The van der Waals surface area contributed by atoms with Gasteiger partial charge in [-0.05, 0) is 0 Å². The third-order valence-electron chi connectivity index (χ3n) is 3.14. The molecule has 0 aromatic carbocycles. The molecule has 0 fully saturated rings. The van der Waals surface area contributed by atoms with Gasteiger partial charge in [0.05, 0.1) is 0 Å². The van der Waals surface area contributed by atoms with E-state index in [2.05, 4.69) is 5.73 Å². The van der Waals surface area contributed by atoms with E-state index in [-0.39, 0.29) is 0 Å². The van der Waals surface area contributed by atoms with Gasteiger partial charge in [-0.15, -0.1) is 0 Å². The maximum atomic E-state index is 13.0. The number of nitrogens with two attached hydrogens (primary N) is 1.